The molecule has 14 heteroatoms. The summed E-state index contributed by atoms with van der Waals surface area (Å²) in [6.45, 7) is 2.21. The molecule has 3 aromatic rings. The quantitative estimate of drug-likeness (QED) is 0.324. The van der Waals surface area contributed by atoms with Crippen LogP contribution in [0.25, 0.3) is 11.1 Å². The Hall–Kier alpha value is -3.35. The number of sulfonamides is 1. The summed E-state index contributed by atoms with van der Waals surface area (Å²) in [4.78, 5) is 20.5. The third kappa shape index (κ3) is 5.31. The van der Waals surface area contributed by atoms with Crippen molar-refractivity contribution in [2.24, 2.45) is 0 Å². The van der Waals surface area contributed by atoms with E-state index in [9.17, 15) is 22.7 Å². The molecule has 3 aliphatic rings. The van der Waals surface area contributed by atoms with Crippen molar-refractivity contribution in [3.8, 4) is 23.1 Å². The average Bonchev–Trinajstić information content (AvgIpc) is 3.62. The lowest BCUT2D eigenvalue weighted by molar-refractivity contribution is -0.0151. The van der Waals surface area contributed by atoms with Gasteiger partial charge in [-0.1, -0.05) is 12.1 Å². The number of hydrogen-bond acceptors (Lipinski definition) is 9. The Morgan fingerprint density at radius 2 is 2.05 bits per heavy atom. The van der Waals surface area contributed by atoms with Crippen LogP contribution in [0.5, 0.6) is 5.88 Å². The number of methoxy groups -OCH3 is 1. The van der Waals surface area contributed by atoms with Crippen LogP contribution in [-0.2, 0) is 47.7 Å². The first kappa shape index (κ1) is 28.8. The van der Waals surface area contributed by atoms with Crippen molar-refractivity contribution in [2.45, 2.75) is 48.4 Å². The van der Waals surface area contributed by atoms with Crippen LogP contribution >= 0.6 is 11.3 Å². The number of aryl methyl sites for hydroxylation is 1. The number of carbonyl (C=O) groups is 1. The molecule has 0 saturated carbocycles. The molecule has 0 spiro atoms. The average molecular weight is 627 g/mol. The van der Waals surface area contributed by atoms with Crippen LogP contribution in [0.3, 0.4) is 0 Å². The standard InChI is InChI=1S/C28H30N6O5S3/c1-39-24-13-19(7-11-30-24)22-6-5-18-3-2-4-21(18)26(22)31-27(35)32-42(37,38)25-14-20-15-33(12-8-23(20)40-25)28(9-10-29)16-34(17-28)41-36/h5-7,11,13-14,41H,2-4,8-9,12,15-17H2,1H3,(H2,31,32,35). The minimum atomic E-state index is -4.14. The number of nitrogens with zero attached hydrogens (tertiary/aromatic N) is 4. The number of fused-ring (bicyclic) bond motifs is 2. The monoisotopic (exact) mass is 626 g/mol. The maximum absolute atomic E-state index is 13.4. The van der Waals surface area contributed by atoms with E-state index in [1.54, 1.807) is 22.6 Å². The van der Waals surface area contributed by atoms with E-state index >= 15 is 0 Å². The van der Waals surface area contributed by atoms with Crippen molar-refractivity contribution < 1.29 is 22.2 Å². The Balaban J connectivity index is 1.21. The number of urea groups is 1. The minimum absolute atomic E-state index is 0.0585. The third-order valence-corrected chi connectivity index (χ3v) is 11.8. The van der Waals surface area contributed by atoms with Crippen molar-refractivity contribution in [2.75, 3.05) is 32.1 Å². The van der Waals surface area contributed by atoms with Crippen LogP contribution in [0.15, 0.2) is 40.7 Å². The molecule has 1 saturated heterocycles. The molecule has 220 valence electrons. The van der Waals surface area contributed by atoms with E-state index in [0.29, 0.717) is 50.6 Å². The second-order valence-corrected chi connectivity index (χ2v) is 14.5. The van der Waals surface area contributed by atoms with Crippen LogP contribution in [-0.4, -0.2) is 65.1 Å². The highest BCUT2D eigenvalue weighted by Crippen LogP contribution is 2.40. The Kier molecular flexibility index (Phi) is 7.79. The fourth-order valence-corrected chi connectivity index (χ4v) is 9.25. The molecule has 0 radical (unpaired) electrons. The number of amides is 2. The van der Waals surface area contributed by atoms with Gasteiger partial charge >= 0.3 is 6.03 Å². The Bertz CT molecular complexity index is 1710. The molecule has 42 heavy (non-hydrogen) atoms. The molecule has 1 aliphatic carbocycles. The number of aromatic nitrogens is 1. The molecule has 11 nitrogen and oxygen atoms in total. The Morgan fingerprint density at radius 3 is 2.81 bits per heavy atom. The van der Waals surface area contributed by atoms with Crippen LogP contribution in [0.4, 0.5) is 10.5 Å². The Morgan fingerprint density at radius 1 is 1.21 bits per heavy atom. The largest absolute Gasteiger partial charge is 0.481 e. The SMILES string of the molecule is COc1cc(-c2ccc3c(c2NC(=O)NS(=O)(=O)c2cc4c(s2)CCN(C2(CC#N)CN([SH]=O)C2)C4)CCC3)ccn1. The van der Waals surface area contributed by atoms with E-state index in [-0.39, 0.29) is 16.1 Å². The van der Waals surface area contributed by atoms with E-state index in [2.05, 4.69) is 26.0 Å². The molecule has 2 aliphatic heterocycles. The number of nitrogens with one attached hydrogen (secondary N) is 2. The van der Waals surface area contributed by atoms with Crippen molar-refractivity contribution in [3.63, 3.8) is 0 Å². The van der Waals surface area contributed by atoms with Crippen molar-refractivity contribution in [3.05, 3.63) is 58.1 Å². The van der Waals surface area contributed by atoms with E-state index in [1.165, 1.54) is 18.4 Å². The fraction of sp³-hybridized carbons (Fsp3) is 0.393. The van der Waals surface area contributed by atoms with Gasteiger partial charge in [-0.05, 0) is 60.1 Å². The molecular weight excluding hydrogens is 597 g/mol. The Labute approximate surface area is 252 Å². The lowest BCUT2D eigenvalue weighted by atomic mass is 9.85. The summed E-state index contributed by atoms with van der Waals surface area (Å²) >= 11 is 1.11. The van der Waals surface area contributed by atoms with Gasteiger partial charge in [-0.15, -0.1) is 11.3 Å². The molecule has 0 bridgehead atoms. The summed E-state index contributed by atoms with van der Waals surface area (Å²) in [5, 5.41) is 12.2. The molecule has 2 amide bonds. The summed E-state index contributed by atoms with van der Waals surface area (Å²) in [7, 11) is -2.60. The van der Waals surface area contributed by atoms with Crippen molar-refractivity contribution in [1.29, 1.82) is 5.26 Å². The number of benzene rings is 1. The van der Waals surface area contributed by atoms with Gasteiger partial charge in [-0.2, -0.15) is 5.26 Å². The maximum atomic E-state index is 13.4. The van der Waals surface area contributed by atoms with Gasteiger partial charge in [0, 0.05) is 48.9 Å². The minimum Gasteiger partial charge on any atom is -0.481 e. The highest BCUT2D eigenvalue weighted by atomic mass is 32.2. The molecule has 1 fully saturated rings. The smallest absolute Gasteiger partial charge is 0.333 e. The topological polar surface area (TPSA) is 145 Å². The van der Waals surface area contributed by atoms with Gasteiger partial charge in [-0.25, -0.2) is 31.4 Å². The van der Waals surface area contributed by atoms with Crippen LogP contribution < -0.4 is 14.8 Å². The van der Waals surface area contributed by atoms with E-state index in [4.69, 9.17) is 4.74 Å². The number of carbonyl (C=O) groups excluding carboxylic acids is 1. The van der Waals surface area contributed by atoms with E-state index in [0.717, 1.165) is 52.0 Å². The third-order valence-electron chi connectivity index (χ3n) is 8.26. The molecule has 4 heterocycles. The lowest BCUT2D eigenvalue weighted by Crippen LogP contribution is -2.69. The van der Waals surface area contributed by atoms with Crippen LogP contribution in [0.1, 0.15) is 34.4 Å². The highest BCUT2D eigenvalue weighted by Gasteiger charge is 2.48. The zero-order chi connectivity index (χ0) is 29.5. The van der Waals surface area contributed by atoms with Crippen molar-refractivity contribution >= 4 is 44.9 Å². The number of thiophene rings is 1. The zero-order valence-corrected chi connectivity index (χ0v) is 25.4. The normalized spacial score (nSPS) is 17.9. The van der Waals surface area contributed by atoms with Gasteiger partial charge in [0.25, 0.3) is 10.0 Å². The number of rotatable bonds is 8. The number of nitriles is 1. The number of pyridine rings is 1. The predicted octanol–water partition coefficient (Wildman–Crippen LogP) is 3.00. The first-order chi connectivity index (χ1) is 20.2. The molecule has 2 N–H and O–H groups in total. The van der Waals surface area contributed by atoms with Crippen LogP contribution in [0.2, 0.25) is 0 Å². The van der Waals surface area contributed by atoms with Crippen molar-refractivity contribution in [1.82, 2.24) is 18.9 Å². The molecule has 0 unspecified atom stereocenters. The first-order valence-corrected chi connectivity index (χ1v) is 16.6. The maximum Gasteiger partial charge on any atom is 0.333 e. The summed E-state index contributed by atoms with van der Waals surface area (Å²) < 4.78 is 47.3. The summed E-state index contributed by atoms with van der Waals surface area (Å²) in [5.74, 6) is 0.435. The van der Waals surface area contributed by atoms with Gasteiger partial charge < -0.3 is 10.1 Å². The molecule has 1 aromatic carbocycles. The molecule has 6 rings (SSSR count). The van der Waals surface area contributed by atoms with Crippen LogP contribution in [0, 0.1) is 11.3 Å². The first-order valence-electron chi connectivity index (χ1n) is 13.6. The van der Waals surface area contributed by atoms with Gasteiger partial charge in [0.15, 0.2) is 0 Å². The highest BCUT2D eigenvalue weighted by molar-refractivity contribution is 7.92. The molecule has 2 aromatic heterocycles. The molecular formula is C28H30N6O5S3. The second kappa shape index (κ2) is 11.4. The van der Waals surface area contributed by atoms with Gasteiger partial charge in [0.2, 0.25) is 5.88 Å². The summed E-state index contributed by atoms with van der Waals surface area (Å²) in [6.07, 6.45) is 5.20. The number of ether oxygens (including phenoxy) is 1. The van der Waals surface area contributed by atoms with Gasteiger partial charge in [-0.3, -0.25) is 4.90 Å². The number of anilines is 1. The van der Waals surface area contributed by atoms with Gasteiger partial charge in [0.05, 0.1) is 42.7 Å². The zero-order valence-electron chi connectivity index (χ0n) is 22.9. The second-order valence-electron chi connectivity index (χ2n) is 10.8. The number of hydrogen-bond donors (Lipinski definition) is 3. The fourth-order valence-electron chi connectivity index (χ4n) is 6.15. The summed E-state index contributed by atoms with van der Waals surface area (Å²) in [6, 6.07) is 10.6. The summed E-state index contributed by atoms with van der Waals surface area (Å²) in [5.41, 5.74) is 4.75. The lowest BCUT2D eigenvalue weighted by Gasteiger charge is -2.53. The van der Waals surface area contributed by atoms with E-state index < -0.39 is 21.6 Å². The van der Waals surface area contributed by atoms with Gasteiger partial charge in [0.1, 0.15) is 4.21 Å². The van der Waals surface area contributed by atoms with E-state index in [1.807, 2.05) is 18.2 Å². The predicted molar refractivity (Wildman–Crippen MR) is 160 cm³/mol. The number of thiol groups is 1. The molecule has 0 atom stereocenters.